The summed E-state index contributed by atoms with van der Waals surface area (Å²) >= 11 is 3.88. The van der Waals surface area contributed by atoms with Crippen LogP contribution in [0, 0.1) is 0 Å². The topological polar surface area (TPSA) is 3.24 Å². The maximum atomic E-state index is 2.61. The zero-order valence-corrected chi connectivity index (χ0v) is 15.8. The van der Waals surface area contributed by atoms with Gasteiger partial charge < -0.3 is 2.87 Å². The van der Waals surface area contributed by atoms with Crippen molar-refractivity contribution in [3.63, 3.8) is 0 Å². The van der Waals surface area contributed by atoms with E-state index in [0.717, 1.165) is 0 Å². The van der Waals surface area contributed by atoms with Gasteiger partial charge in [-0.2, -0.15) is 0 Å². The zero-order chi connectivity index (χ0) is 9.44. The minimum atomic E-state index is -0.427. The summed E-state index contributed by atoms with van der Waals surface area (Å²) in [5.41, 5.74) is 0. The number of hydrogen-bond acceptors (Lipinski definition) is 1. The second-order valence-electron chi connectivity index (χ2n) is 2.92. The van der Waals surface area contributed by atoms with Gasteiger partial charge in [0, 0.05) is 0 Å². The number of rotatable bonds is 2. The van der Waals surface area contributed by atoms with Crippen LogP contribution in [0.2, 0.25) is 23.1 Å². The fraction of sp³-hybridized carbons (Fsp3) is 1.00. The molecule has 0 aromatic carbocycles. The quantitative estimate of drug-likeness (QED) is 0.464. The molecule has 6 heteroatoms. The molecule has 0 saturated heterocycles. The Kier molecular flexibility index (Phi) is 16.7. The molecule has 0 amide bonds. The number of halogens is 2. The first kappa shape index (κ1) is 16.5. The van der Waals surface area contributed by atoms with E-state index in [4.69, 9.17) is 0 Å². The van der Waals surface area contributed by atoms with Crippen molar-refractivity contribution in [1.29, 1.82) is 0 Å². The molecule has 0 aliphatic carbocycles. The first-order chi connectivity index (χ1) is 4.97. The molecular weight excluding hydrogens is 433 g/mol. The van der Waals surface area contributed by atoms with Gasteiger partial charge in [0.2, 0.25) is 0 Å². The van der Waals surface area contributed by atoms with Crippen LogP contribution in [0.25, 0.3) is 0 Å². The van der Waals surface area contributed by atoms with E-state index in [1.54, 1.807) is 0 Å². The van der Waals surface area contributed by atoms with Crippen LogP contribution in [0.3, 0.4) is 0 Å². The van der Waals surface area contributed by atoms with Gasteiger partial charge in [0.1, 0.15) is 0 Å². The monoisotopic (exact) mass is 448 g/mol. The van der Waals surface area contributed by atoms with Crippen molar-refractivity contribution in [2.24, 2.45) is 0 Å². The Labute approximate surface area is 109 Å². The van der Waals surface area contributed by atoms with E-state index in [1.807, 2.05) is 0 Å². The van der Waals surface area contributed by atoms with Crippen molar-refractivity contribution < 1.29 is 9.47 Å². The fourth-order valence-electron chi connectivity index (χ4n) is 0.596. The van der Waals surface area contributed by atoms with Crippen molar-refractivity contribution >= 4 is 68.7 Å². The molecule has 0 unspecified atom stereocenters. The predicted molar refractivity (Wildman–Crippen MR) is 70.8 cm³/mol. The van der Waals surface area contributed by atoms with Gasteiger partial charge in [-0.3, -0.25) is 0 Å². The van der Waals surface area contributed by atoms with Crippen molar-refractivity contribution in [2.75, 3.05) is 7.05 Å². The average molecular weight is 448 g/mol. The van der Waals surface area contributed by atoms with Crippen LogP contribution in [0.15, 0.2) is 0 Å². The molecule has 0 saturated carbocycles. The summed E-state index contributed by atoms with van der Waals surface area (Å²) < 4.78 is 2.61. The van der Waals surface area contributed by atoms with Gasteiger partial charge in [-0.25, -0.2) is 0 Å². The van der Waals surface area contributed by atoms with Gasteiger partial charge in [0.05, 0.1) is 0 Å². The summed E-state index contributed by atoms with van der Waals surface area (Å²) in [6.45, 7) is 0. The number of hydrogen-bond donors (Lipinski definition) is 0. The molecule has 0 aliphatic rings. The third-order valence-corrected chi connectivity index (χ3v) is 8.46. The molecule has 0 bridgehead atoms. The van der Waals surface area contributed by atoms with Crippen LogP contribution >= 0.6 is 40.0 Å². The molecule has 0 aromatic rings. The summed E-state index contributed by atoms with van der Waals surface area (Å²) in [4.78, 5) is 0. The van der Waals surface area contributed by atoms with Crippen molar-refractivity contribution in [3.05, 3.63) is 0 Å². The van der Waals surface area contributed by atoms with E-state index in [9.17, 15) is 0 Å². The van der Waals surface area contributed by atoms with Crippen LogP contribution in [-0.4, -0.2) is 38.7 Å². The molecule has 0 radical (unpaired) electrons. The van der Waals surface area contributed by atoms with Crippen LogP contribution in [0.5, 0.6) is 0 Å². The Balaban J connectivity index is 0. The molecule has 0 aliphatic heterocycles. The van der Waals surface area contributed by atoms with Crippen LogP contribution in [-0.2, 0) is 9.47 Å². The van der Waals surface area contributed by atoms with E-state index < -0.39 is 28.7 Å². The van der Waals surface area contributed by atoms with E-state index >= 15 is 0 Å². The average Bonchev–Trinajstić information content (AvgIpc) is 1.87. The van der Waals surface area contributed by atoms with Gasteiger partial charge in [0.25, 0.3) is 0 Å². The first-order valence-corrected chi connectivity index (χ1v) is 18.3. The molecule has 0 atom stereocenters. The van der Waals surface area contributed by atoms with E-state index in [1.165, 1.54) is 0 Å². The molecule has 65 valence electrons. The maximum absolute atomic E-state index is 2.61. The molecule has 0 rings (SSSR count). The predicted octanol–water partition coefficient (Wildman–Crippen LogP) is 3.19. The fourth-order valence-corrected chi connectivity index (χ4v) is 5.37. The van der Waals surface area contributed by atoms with Gasteiger partial charge >= 0.3 is 78.2 Å². The molecule has 0 N–H and O–H groups in total. The molecule has 1 nitrogen and oxygen atoms in total. The van der Waals surface area contributed by atoms with Gasteiger partial charge in [0.15, 0.2) is 0 Å². The molecule has 0 heterocycles. The van der Waals surface area contributed by atoms with Crippen molar-refractivity contribution in [3.8, 4) is 0 Å². The Morgan fingerprint density at radius 2 is 1.18 bits per heavy atom. The van der Waals surface area contributed by atoms with E-state index in [-0.39, 0.29) is 0 Å². The van der Waals surface area contributed by atoms with Crippen molar-refractivity contribution in [1.82, 2.24) is 2.87 Å². The third kappa shape index (κ3) is 13.1. The summed E-state index contributed by atoms with van der Waals surface area (Å²) in [6, 6.07) is 0. The standard InChI is InChI=1S/CH3N.4CH3.2Al.2HI.V/c1-2;;;;;;;;;/h1H3;4*1H3;;;2*1H;/q;;;;;;;;;+2/p-2. The minimum absolute atomic E-state index is 0.427. The SMILES string of the molecule is C[N]([Al]([CH3])[CH3])[Al]([CH3])[CH3].[I][V][I]. The van der Waals surface area contributed by atoms with E-state index in [2.05, 4.69) is 73.0 Å². The molecular formula is C5H15Al2I2NV. The first-order valence-electron chi connectivity index (χ1n) is 3.61. The van der Waals surface area contributed by atoms with Gasteiger partial charge in [-0.1, -0.05) is 30.2 Å². The van der Waals surface area contributed by atoms with Crippen LogP contribution in [0.1, 0.15) is 0 Å². The second kappa shape index (κ2) is 11.1. The normalized spacial score (nSPS) is 8.36. The molecule has 0 fully saturated rings. The Morgan fingerprint density at radius 3 is 1.18 bits per heavy atom. The van der Waals surface area contributed by atoms with Crippen LogP contribution < -0.4 is 0 Å². The number of nitrogens with zero attached hydrogens (tertiary/aromatic N) is 1. The molecule has 0 aromatic heterocycles. The molecule has 11 heavy (non-hydrogen) atoms. The Morgan fingerprint density at radius 1 is 1.00 bits per heavy atom. The Bertz CT molecular complexity index is 76.9. The Hall–Kier alpha value is 3.07. The third-order valence-electron chi connectivity index (χ3n) is 1.63. The zero-order valence-electron chi connectivity index (χ0n) is 7.81. The van der Waals surface area contributed by atoms with Gasteiger partial charge in [-0.15, -0.1) is 0 Å². The molecule has 0 spiro atoms. The summed E-state index contributed by atoms with van der Waals surface area (Å²) in [7, 11) is 2.90. The summed E-state index contributed by atoms with van der Waals surface area (Å²) in [5, 5.41) is 0. The second-order valence-corrected chi connectivity index (χ2v) is 21.3. The van der Waals surface area contributed by atoms with Gasteiger partial charge in [-0.05, 0) is 0 Å². The summed E-state index contributed by atoms with van der Waals surface area (Å²) in [5.74, 6) is 9.53. The van der Waals surface area contributed by atoms with Crippen LogP contribution in [0.4, 0.5) is 0 Å². The van der Waals surface area contributed by atoms with E-state index in [0.29, 0.717) is 9.47 Å². The summed E-state index contributed by atoms with van der Waals surface area (Å²) in [6.07, 6.45) is 0. The van der Waals surface area contributed by atoms with Crippen molar-refractivity contribution in [2.45, 2.75) is 23.1 Å².